The van der Waals surface area contributed by atoms with Crippen molar-refractivity contribution in [3.05, 3.63) is 35.9 Å². The molecule has 1 fully saturated rings. The molecule has 0 unspecified atom stereocenters. The maximum atomic E-state index is 11.3. The molecule has 1 aliphatic rings. The first-order valence-electron chi connectivity index (χ1n) is 5.73. The summed E-state index contributed by atoms with van der Waals surface area (Å²) in [6.07, 6.45) is 0.661. The van der Waals surface area contributed by atoms with Crippen molar-refractivity contribution < 1.29 is 8.42 Å². The van der Waals surface area contributed by atoms with Crippen LogP contribution in [0.3, 0.4) is 0 Å². The van der Waals surface area contributed by atoms with E-state index in [1.807, 2.05) is 18.2 Å². The van der Waals surface area contributed by atoms with Crippen molar-refractivity contribution >= 4 is 38.1 Å². The van der Waals surface area contributed by atoms with Crippen molar-refractivity contribution in [2.45, 2.75) is 18.2 Å². The molecule has 1 aromatic rings. The zero-order chi connectivity index (χ0) is 13.0. The molecule has 1 N–H and O–H groups in total. The number of benzene rings is 1. The number of thioether (sulfide) groups is 1. The third-order valence-corrected chi connectivity index (χ3v) is 5.86. The van der Waals surface area contributed by atoms with Crippen LogP contribution in [0, 0.1) is 0 Å². The van der Waals surface area contributed by atoms with E-state index in [-0.39, 0.29) is 17.5 Å². The van der Waals surface area contributed by atoms with Gasteiger partial charge in [0.15, 0.2) is 9.84 Å². The Balaban J connectivity index is 1.76. The maximum Gasteiger partial charge on any atom is 0.152 e. The van der Waals surface area contributed by atoms with Crippen LogP contribution in [0.15, 0.2) is 30.3 Å². The van der Waals surface area contributed by atoms with Crippen LogP contribution in [-0.4, -0.2) is 30.3 Å². The largest absolute Gasteiger partial charge is 0.367 e. The summed E-state index contributed by atoms with van der Waals surface area (Å²) in [5, 5.41) is 3.12. The first kappa shape index (κ1) is 13.8. The molecule has 1 aliphatic heterocycles. The van der Waals surface area contributed by atoms with Crippen molar-refractivity contribution in [1.82, 2.24) is 5.32 Å². The van der Waals surface area contributed by atoms with Gasteiger partial charge in [-0.2, -0.15) is 0 Å². The molecule has 1 atom stereocenters. The van der Waals surface area contributed by atoms with E-state index in [1.165, 1.54) is 5.56 Å². The van der Waals surface area contributed by atoms with E-state index < -0.39 is 9.84 Å². The molecule has 0 saturated carbocycles. The monoisotopic (exact) mass is 301 g/mol. The summed E-state index contributed by atoms with van der Waals surface area (Å²) in [5.74, 6) is 1.29. The molecule has 0 bridgehead atoms. The predicted octanol–water partition coefficient (Wildman–Crippen LogP) is 1.98. The van der Waals surface area contributed by atoms with E-state index in [4.69, 9.17) is 12.2 Å². The highest BCUT2D eigenvalue weighted by Crippen LogP contribution is 2.16. The summed E-state index contributed by atoms with van der Waals surface area (Å²) in [4.78, 5) is 0. The lowest BCUT2D eigenvalue weighted by molar-refractivity contribution is 0.600. The smallest absolute Gasteiger partial charge is 0.152 e. The van der Waals surface area contributed by atoms with Gasteiger partial charge in [0.2, 0.25) is 0 Å². The fourth-order valence-corrected chi connectivity index (χ4v) is 4.60. The van der Waals surface area contributed by atoms with Crippen molar-refractivity contribution in [2.24, 2.45) is 0 Å². The molecule has 18 heavy (non-hydrogen) atoms. The number of nitrogens with one attached hydrogen (secondary N) is 1. The lowest BCUT2D eigenvalue weighted by Gasteiger charge is -2.12. The van der Waals surface area contributed by atoms with Crippen LogP contribution in [0.2, 0.25) is 0 Å². The summed E-state index contributed by atoms with van der Waals surface area (Å²) in [6, 6.07) is 10.1. The third kappa shape index (κ3) is 4.26. The van der Waals surface area contributed by atoms with Crippen LogP contribution in [0.25, 0.3) is 0 Å². The molecule has 1 aromatic carbocycles. The molecule has 1 heterocycles. The van der Waals surface area contributed by atoms with Crippen molar-refractivity contribution in [3.63, 3.8) is 0 Å². The van der Waals surface area contributed by atoms with Crippen LogP contribution in [0.1, 0.15) is 12.0 Å². The van der Waals surface area contributed by atoms with Gasteiger partial charge in [-0.15, -0.1) is 0 Å². The van der Waals surface area contributed by atoms with Crippen molar-refractivity contribution in [2.75, 3.05) is 11.5 Å². The Morgan fingerprint density at radius 2 is 2.11 bits per heavy atom. The number of hydrogen-bond donors (Lipinski definition) is 1. The van der Waals surface area contributed by atoms with E-state index in [9.17, 15) is 8.42 Å². The zero-order valence-electron chi connectivity index (χ0n) is 9.83. The van der Waals surface area contributed by atoms with Gasteiger partial charge in [-0.05, 0) is 12.0 Å². The topological polar surface area (TPSA) is 46.2 Å². The van der Waals surface area contributed by atoms with Gasteiger partial charge in [-0.3, -0.25) is 0 Å². The number of hydrogen-bond acceptors (Lipinski definition) is 4. The average molecular weight is 301 g/mol. The molecule has 2 rings (SSSR count). The summed E-state index contributed by atoms with van der Waals surface area (Å²) in [7, 11) is -2.84. The molecule has 3 nitrogen and oxygen atoms in total. The van der Waals surface area contributed by atoms with Gasteiger partial charge in [0.05, 0.1) is 11.5 Å². The first-order valence-corrected chi connectivity index (χ1v) is 8.94. The minimum absolute atomic E-state index is 0.00854. The van der Waals surface area contributed by atoms with Gasteiger partial charge in [0, 0.05) is 11.8 Å². The van der Waals surface area contributed by atoms with Crippen LogP contribution < -0.4 is 5.32 Å². The third-order valence-electron chi connectivity index (χ3n) is 2.77. The Morgan fingerprint density at radius 3 is 2.72 bits per heavy atom. The van der Waals surface area contributed by atoms with E-state index in [0.29, 0.717) is 10.7 Å². The second-order valence-corrected chi connectivity index (χ2v) is 8.19. The molecule has 0 aliphatic carbocycles. The molecule has 0 amide bonds. The van der Waals surface area contributed by atoms with E-state index in [0.717, 1.165) is 5.75 Å². The Labute approximate surface area is 117 Å². The minimum atomic E-state index is -2.84. The Morgan fingerprint density at radius 1 is 1.39 bits per heavy atom. The zero-order valence-corrected chi connectivity index (χ0v) is 12.3. The van der Waals surface area contributed by atoms with Crippen LogP contribution >= 0.6 is 24.0 Å². The van der Waals surface area contributed by atoms with E-state index in [1.54, 1.807) is 11.8 Å². The highest BCUT2D eigenvalue weighted by Gasteiger charge is 2.28. The van der Waals surface area contributed by atoms with E-state index in [2.05, 4.69) is 17.4 Å². The summed E-state index contributed by atoms with van der Waals surface area (Å²) >= 11 is 6.76. The van der Waals surface area contributed by atoms with E-state index >= 15 is 0 Å². The number of rotatable bonds is 3. The Kier molecular flexibility index (Phi) is 4.64. The standard InChI is InChI=1S/C12H15NO2S3/c14-18(15)7-6-11(9-18)13-12(16)17-8-10-4-2-1-3-5-10/h1-5,11H,6-9H2,(H,13,16)/t11-/m1/s1. The normalized spacial score (nSPS) is 21.7. The molecule has 0 spiro atoms. The Bertz CT molecular complexity index is 513. The summed E-state index contributed by atoms with van der Waals surface area (Å²) < 4.78 is 23.3. The van der Waals surface area contributed by atoms with Crippen LogP contribution in [0.4, 0.5) is 0 Å². The van der Waals surface area contributed by atoms with Crippen molar-refractivity contribution in [1.29, 1.82) is 0 Å². The highest BCUT2D eigenvalue weighted by atomic mass is 32.2. The lowest BCUT2D eigenvalue weighted by Crippen LogP contribution is -2.32. The SMILES string of the molecule is O=S1(=O)CC[C@@H](NC(=S)SCc2ccccc2)C1. The van der Waals surface area contributed by atoms with Gasteiger partial charge >= 0.3 is 0 Å². The second kappa shape index (κ2) is 6.04. The number of sulfone groups is 1. The Hall–Kier alpha value is -0.590. The molecular weight excluding hydrogens is 286 g/mol. The van der Waals surface area contributed by atoms with Crippen molar-refractivity contribution in [3.8, 4) is 0 Å². The van der Waals surface area contributed by atoms with Crippen LogP contribution in [0.5, 0.6) is 0 Å². The average Bonchev–Trinajstić information content (AvgIpc) is 2.67. The van der Waals surface area contributed by atoms with Gasteiger partial charge in [-0.1, -0.05) is 54.3 Å². The molecule has 0 radical (unpaired) electrons. The summed E-state index contributed by atoms with van der Waals surface area (Å²) in [6.45, 7) is 0. The van der Waals surface area contributed by atoms with Gasteiger partial charge in [0.25, 0.3) is 0 Å². The fraction of sp³-hybridized carbons (Fsp3) is 0.417. The summed E-state index contributed by atoms with van der Waals surface area (Å²) in [5.41, 5.74) is 1.21. The molecule has 0 aromatic heterocycles. The van der Waals surface area contributed by atoms with Gasteiger partial charge in [-0.25, -0.2) is 8.42 Å². The first-order chi connectivity index (χ1) is 8.55. The quantitative estimate of drug-likeness (QED) is 0.865. The lowest BCUT2D eigenvalue weighted by atomic mass is 10.2. The second-order valence-electron chi connectivity index (χ2n) is 4.31. The molecule has 98 valence electrons. The molecule has 6 heteroatoms. The molecule has 1 saturated heterocycles. The highest BCUT2D eigenvalue weighted by molar-refractivity contribution is 8.22. The number of thiocarbonyl (C=S) groups is 1. The van der Waals surface area contributed by atoms with Gasteiger partial charge < -0.3 is 5.32 Å². The minimum Gasteiger partial charge on any atom is -0.367 e. The van der Waals surface area contributed by atoms with Gasteiger partial charge in [0.1, 0.15) is 4.32 Å². The fourth-order valence-electron chi connectivity index (χ4n) is 1.84. The molecular formula is C12H15NO2S3. The maximum absolute atomic E-state index is 11.3. The predicted molar refractivity (Wildman–Crippen MR) is 80.5 cm³/mol. The van der Waals surface area contributed by atoms with Crippen LogP contribution in [-0.2, 0) is 15.6 Å².